The molecule has 0 bridgehead atoms. The fourth-order valence-corrected chi connectivity index (χ4v) is 4.29. The Kier molecular flexibility index (Phi) is 5.79. The molecule has 0 amide bonds. The van der Waals surface area contributed by atoms with Gasteiger partial charge >= 0.3 is 0 Å². The van der Waals surface area contributed by atoms with Gasteiger partial charge < -0.3 is 4.90 Å². The number of rotatable bonds is 4. The molecule has 0 unspecified atom stereocenters. The Morgan fingerprint density at radius 1 is 0.935 bits per heavy atom. The number of piperazine rings is 1. The van der Waals surface area contributed by atoms with E-state index >= 15 is 0 Å². The largest absolute Gasteiger partial charge is 0.369 e. The van der Waals surface area contributed by atoms with Gasteiger partial charge in [0.25, 0.3) is 0 Å². The van der Waals surface area contributed by atoms with Gasteiger partial charge in [0.15, 0.2) is 5.82 Å². The van der Waals surface area contributed by atoms with Crippen molar-refractivity contribution >= 4 is 5.69 Å². The molecule has 1 aliphatic rings. The van der Waals surface area contributed by atoms with E-state index in [1.807, 2.05) is 16.8 Å². The minimum absolute atomic E-state index is 0.129. The third-order valence-corrected chi connectivity index (χ3v) is 5.94. The number of tetrazole rings is 1. The highest BCUT2D eigenvalue weighted by Gasteiger charge is 2.33. The van der Waals surface area contributed by atoms with Crippen LogP contribution >= 0.6 is 0 Å². The van der Waals surface area contributed by atoms with Crippen LogP contribution in [0.1, 0.15) is 49.3 Å². The molecular weight excluding hydrogens is 391 g/mol. The summed E-state index contributed by atoms with van der Waals surface area (Å²) in [4.78, 5) is 4.86. The van der Waals surface area contributed by atoms with Crippen molar-refractivity contribution in [1.29, 1.82) is 0 Å². The van der Waals surface area contributed by atoms with Crippen LogP contribution in [0, 0.1) is 19.7 Å². The summed E-state index contributed by atoms with van der Waals surface area (Å²) in [6.07, 6.45) is 0. The van der Waals surface area contributed by atoms with Crippen LogP contribution < -0.4 is 4.90 Å². The second-order valence-corrected chi connectivity index (χ2v) is 9.39. The van der Waals surface area contributed by atoms with Crippen molar-refractivity contribution in [3.8, 4) is 0 Å². The van der Waals surface area contributed by atoms with Gasteiger partial charge in [0.2, 0.25) is 0 Å². The summed E-state index contributed by atoms with van der Waals surface area (Å²) in [7, 11) is 0. The quantitative estimate of drug-likeness (QED) is 0.634. The molecule has 0 aliphatic carbocycles. The number of halogens is 1. The summed E-state index contributed by atoms with van der Waals surface area (Å²) in [5, 5.41) is 12.7. The van der Waals surface area contributed by atoms with E-state index in [9.17, 15) is 4.39 Å². The second kappa shape index (κ2) is 8.38. The highest BCUT2D eigenvalue weighted by atomic mass is 19.1. The van der Waals surface area contributed by atoms with Crippen molar-refractivity contribution in [3.63, 3.8) is 0 Å². The molecule has 0 radical (unpaired) electrons. The molecule has 164 valence electrons. The lowest BCUT2D eigenvalue weighted by Gasteiger charge is -2.41. The first kappa shape index (κ1) is 21.4. The van der Waals surface area contributed by atoms with E-state index in [4.69, 9.17) is 0 Å². The fourth-order valence-electron chi connectivity index (χ4n) is 4.29. The number of benzene rings is 2. The predicted molar refractivity (Wildman–Crippen MR) is 121 cm³/mol. The van der Waals surface area contributed by atoms with Gasteiger partial charge in [0.05, 0.1) is 11.6 Å². The number of hydrogen-bond acceptors (Lipinski definition) is 5. The van der Waals surface area contributed by atoms with Crippen LogP contribution in [-0.4, -0.2) is 51.3 Å². The van der Waals surface area contributed by atoms with Crippen LogP contribution in [0.4, 0.5) is 10.1 Å². The molecule has 0 spiro atoms. The number of anilines is 1. The highest BCUT2D eigenvalue weighted by Crippen LogP contribution is 2.32. The summed E-state index contributed by atoms with van der Waals surface area (Å²) >= 11 is 0. The number of hydrogen-bond donors (Lipinski definition) is 0. The lowest BCUT2D eigenvalue weighted by molar-refractivity contribution is 0.191. The van der Waals surface area contributed by atoms with Gasteiger partial charge in [0, 0.05) is 31.9 Å². The second-order valence-electron chi connectivity index (χ2n) is 9.39. The number of nitrogens with zero attached hydrogens (tertiary/aromatic N) is 6. The first-order valence-electron chi connectivity index (χ1n) is 10.8. The SMILES string of the molecule is Cc1ccc(C)c(N2CCN([C@H](c3ccc(F)cc3)c3nnnn3C(C)(C)C)CC2)c1. The van der Waals surface area contributed by atoms with Crippen molar-refractivity contribution in [2.75, 3.05) is 31.1 Å². The molecule has 3 aromatic rings. The highest BCUT2D eigenvalue weighted by molar-refractivity contribution is 5.55. The predicted octanol–water partition coefficient (Wildman–Crippen LogP) is 4.10. The van der Waals surface area contributed by atoms with Gasteiger partial charge in [-0.2, -0.15) is 0 Å². The van der Waals surface area contributed by atoms with E-state index in [-0.39, 0.29) is 17.4 Å². The Labute approximate surface area is 183 Å². The molecular formula is C24H31FN6. The Morgan fingerprint density at radius 3 is 2.26 bits per heavy atom. The molecule has 31 heavy (non-hydrogen) atoms. The third-order valence-electron chi connectivity index (χ3n) is 5.94. The molecule has 6 nitrogen and oxygen atoms in total. The standard InChI is InChI=1S/C24H31FN6/c1-17-6-7-18(2)21(16-17)29-12-14-30(15-13-29)22(19-8-10-20(25)11-9-19)23-26-27-28-31(23)24(3,4)5/h6-11,16,22H,12-15H2,1-5H3/t22-/m1/s1. The molecule has 2 aromatic carbocycles. The van der Waals surface area contributed by atoms with Crippen molar-refractivity contribution in [2.24, 2.45) is 0 Å². The molecule has 1 saturated heterocycles. The maximum Gasteiger partial charge on any atom is 0.173 e. The maximum absolute atomic E-state index is 13.6. The van der Waals surface area contributed by atoms with Crippen molar-refractivity contribution in [1.82, 2.24) is 25.1 Å². The smallest absolute Gasteiger partial charge is 0.173 e. The van der Waals surface area contributed by atoms with E-state index in [2.05, 4.69) is 78.1 Å². The monoisotopic (exact) mass is 422 g/mol. The molecule has 1 aromatic heterocycles. The molecule has 1 aliphatic heterocycles. The summed E-state index contributed by atoms with van der Waals surface area (Å²) in [5.41, 5.74) is 4.62. The molecule has 2 heterocycles. The fraction of sp³-hybridized carbons (Fsp3) is 0.458. The molecule has 4 rings (SSSR count). The zero-order valence-corrected chi connectivity index (χ0v) is 19.0. The minimum Gasteiger partial charge on any atom is -0.369 e. The molecule has 1 atom stereocenters. The van der Waals surface area contributed by atoms with Gasteiger partial charge in [-0.1, -0.05) is 24.3 Å². The van der Waals surface area contributed by atoms with Crippen LogP contribution in [0.3, 0.4) is 0 Å². The molecule has 1 fully saturated rings. The van der Waals surface area contributed by atoms with E-state index < -0.39 is 0 Å². The van der Waals surface area contributed by atoms with Crippen LogP contribution in [-0.2, 0) is 5.54 Å². The summed E-state index contributed by atoms with van der Waals surface area (Å²) in [5.74, 6) is 0.553. The van der Waals surface area contributed by atoms with Crippen LogP contribution in [0.15, 0.2) is 42.5 Å². The van der Waals surface area contributed by atoms with Crippen molar-refractivity contribution in [3.05, 3.63) is 70.8 Å². The van der Waals surface area contributed by atoms with E-state index in [0.717, 1.165) is 37.6 Å². The van der Waals surface area contributed by atoms with Gasteiger partial charge in [0.1, 0.15) is 5.82 Å². The average molecular weight is 423 g/mol. The normalized spacial score (nSPS) is 16.5. The molecule has 7 heteroatoms. The zero-order valence-electron chi connectivity index (χ0n) is 19.0. The minimum atomic E-state index is -0.252. The summed E-state index contributed by atoms with van der Waals surface area (Å²) < 4.78 is 15.5. The van der Waals surface area contributed by atoms with Gasteiger partial charge in [-0.05, 0) is 79.9 Å². The summed E-state index contributed by atoms with van der Waals surface area (Å²) in [6, 6.07) is 13.2. The Morgan fingerprint density at radius 2 is 1.61 bits per heavy atom. The maximum atomic E-state index is 13.6. The van der Waals surface area contributed by atoms with E-state index in [1.165, 1.54) is 28.9 Å². The van der Waals surface area contributed by atoms with Gasteiger partial charge in [-0.25, -0.2) is 9.07 Å². The lowest BCUT2D eigenvalue weighted by Crippen LogP contribution is -2.49. The first-order valence-corrected chi connectivity index (χ1v) is 10.8. The van der Waals surface area contributed by atoms with Crippen LogP contribution in [0.25, 0.3) is 0 Å². The molecule has 0 N–H and O–H groups in total. The van der Waals surface area contributed by atoms with Crippen LogP contribution in [0.5, 0.6) is 0 Å². The summed E-state index contributed by atoms with van der Waals surface area (Å²) in [6.45, 7) is 14.1. The van der Waals surface area contributed by atoms with Crippen LogP contribution in [0.2, 0.25) is 0 Å². The van der Waals surface area contributed by atoms with E-state index in [1.54, 1.807) is 0 Å². The van der Waals surface area contributed by atoms with E-state index in [0.29, 0.717) is 0 Å². The first-order chi connectivity index (χ1) is 14.7. The third kappa shape index (κ3) is 4.46. The lowest BCUT2D eigenvalue weighted by atomic mass is 10.0. The number of aryl methyl sites for hydroxylation is 2. The van der Waals surface area contributed by atoms with Gasteiger partial charge in [-0.15, -0.1) is 5.10 Å². The van der Waals surface area contributed by atoms with Gasteiger partial charge in [-0.3, -0.25) is 4.90 Å². The Bertz CT molecular complexity index is 1030. The number of aromatic nitrogens is 4. The Balaban J connectivity index is 1.64. The zero-order chi connectivity index (χ0) is 22.2. The average Bonchev–Trinajstić information content (AvgIpc) is 3.22. The van der Waals surface area contributed by atoms with Crippen molar-refractivity contribution in [2.45, 2.75) is 46.2 Å². The Hall–Kier alpha value is -2.80. The molecule has 0 saturated carbocycles. The topological polar surface area (TPSA) is 50.1 Å². The van der Waals surface area contributed by atoms with Crippen molar-refractivity contribution < 1.29 is 4.39 Å².